The summed E-state index contributed by atoms with van der Waals surface area (Å²) in [7, 11) is 0. The van der Waals surface area contributed by atoms with Crippen molar-refractivity contribution in [1.29, 1.82) is 0 Å². The summed E-state index contributed by atoms with van der Waals surface area (Å²) in [5.74, 6) is 5.62. The first-order valence-electron chi connectivity index (χ1n) is 6.29. The molecule has 0 fully saturated rings. The van der Waals surface area contributed by atoms with Crippen LogP contribution in [-0.4, -0.2) is 30.0 Å². The number of nitrogen functional groups attached to an aromatic ring is 1. The molecule has 0 bridgehead atoms. The van der Waals surface area contributed by atoms with E-state index in [0.717, 1.165) is 10.8 Å². The van der Waals surface area contributed by atoms with Gasteiger partial charge in [-0.15, -0.1) is 0 Å². The number of aromatic nitrogens is 1. The van der Waals surface area contributed by atoms with Gasteiger partial charge in [-0.05, 0) is 5.39 Å². The third kappa shape index (κ3) is 3.37. The molecule has 1 heterocycles. The Bertz CT molecular complexity index is 673. The van der Waals surface area contributed by atoms with Crippen LogP contribution in [0.2, 0.25) is 0 Å². The Kier molecular flexibility index (Phi) is 4.52. The first-order chi connectivity index (χ1) is 10.1. The fourth-order valence-corrected chi connectivity index (χ4v) is 1.95. The molecule has 1 aromatic heterocycles. The number of primary amides is 1. The molecule has 0 spiro atoms. The van der Waals surface area contributed by atoms with Gasteiger partial charge in [-0.1, -0.05) is 24.3 Å². The van der Waals surface area contributed by atoms with Gasteiger partial charge in [0.1, 0.15) is 5.82 Å². The Labute approximate surface area is 120 Å². The smallest absolute Gasteiger partial charge is 0.312 e. The lowest BCUT2D eigenvalue weighted by molar-refractivity contribution is 0.0955. The molecule has 0 atom stereocenters. The first-order valence-corrected chi connectivity index (χ1v) is 6.29. The highest BCUT2D eigenvalue weighted by Gasteiger charge is 2.12. The average molecular weight is 288 g/mol. The number of anilines is 1. The molecular formula is C13H16N6O2. The first kappa shape index (κ1) is 14.5. The number of hydrogen-bond acceptors (Lipinski definition) is 5. The van der Waals surface area contributed by atoms with Crippen molar-refractivity contribution in [2.75, 3.05) is 18.5 Å². The molecule has 0 saturated carbocycles. The van der Waals surface area contributed by atoms with E-state index in [9.17, 15) is 9.59 Å². The zero-order chi connectivity index (χ0) is 15.2. The van der Waals surface area contributed by atoms with Gasteiger partial charge in [0.2, 0.25) is 0 Å². The van der Waals surface area contributed by atoms with Crippen LogP contribution >= 0.6 is 0 Å². The molecule has 2 aromatic rings. The second-order valence-electron chi connectivity index (χ2n) is 4.26. The number of pyridine rings is 1. The van der Waals surface area contributed by atoms with Crippen LogP contribution in [0.25, 0.3) is 10.8 Å². The quantitative estimate of drug-likeness (QED) is 0.298. The van der Waals surface area contributed by atoms with E-state index in [0.29, 0.717) is 11.4 Å². The summed E-state index contributed by atoms with van der Waals surface area (Å²) in [6.07, 6.45) is 1.45. The average Bonchev–Trinajstić information content (AvgIpc) is 2.50. The number of benzene rings is 1. The van der Waals surface area contributed by atoms with Crippen molar-refractivity contribution < 1.29 is 9.59 Å². The lowest BCUT2D eigenvalue weighted by Crippen LogP contribution is -2.37. The number of hydrazine groups is 1. The van der Waals surface area contributed by atoms with Crippen LogP contribution in [0.1, 0.15) is 10.4 Å². The molecule has 0 unspecified atom stereocenters. The topological polar surface area (TPSA) is 135 Å². The summed E-state index contributed by atoms with van der Waals surface area (Å²) in [4.78, 5) is 26.8. The molecule has 21 heavy (non-hydrogen) atoms. The molecule has 0 radical (unpaired) electrons. The van der Waals surface area contributed by atoms with Gasteiger partial charge < -0.3 is 21.8 Å². The van der Waals surface area contributed by atoms with Crippen LogP contribution in [0.3, 0.4) is 0 Å². The maximum atomic E-state index is 12.2. The second-order valence-corrected chi connectivity index (χ2v) is 4.26. The fourth-order valence-electron chi connectivity index (χ4n) is 1.95. The Balaban J connectivity index is 2.18. The Morgan fingerprint density at radius 3 is 2.43 bits per heavy atom. The van der Waals surface area contributed by atoms with E-state index in [1.165, 1.54) is 6.20 Å². The minimum Gasteiger partial charge on any atom is -0.352 e. The molecule has 8 nitrogen and oxygen atoms in total. The predicted molar refractivity (Wildman–Crippen MR) is 79.5 cm³/mol. The lowest BCUT2D eigenvalue weighted by Gasteiger charge is -2.10. The lowest BCUT2D eigenvalue weighted by atomic mass is 10.1. The summed E-state index contributed by atoms with van der Waals surface area (Å²) in [6.45, 7) is 0.530. The van der Waals surface area contributed by atoms with E-state index < -0.39 is 6.03 Å². The second kappa shape index (κ2) is 6.53. The Morgan fingerprint density at radius 1 is 1.10 bits per heavy atom. The molecule has 7 N–H and O–H groups in total. The number of carbonyl (C=O) groups is 2. The molecule has 110 valence electrons. The van der Waals surface area contributed by atoms with Crippen LogP contribution in [0.15, 0.2) is 30.5 Å². The summed E-state index contributed by atoms with van der Waals surface area (Å²) in [5.41, 5.74) is 7.87. The fraction of sp³-hybridized carbons (Fsp3) is 0.154. The SMILES string of the molecule is NNc1ncc(C(=O)NCCNC(N)=O)c2ccccc12. The number of urea groups is 1. The molecule has 3 amide bonds. The van der Waals surface area contributed by atoms with E-state index in [1.54, 1.807) is 0 Å². The van der Waals surface area contributed by atoms with Crippen LogP contribution in [0.5, 0.6) is 0 Å². The highest BCUT2D eigenvalue weighted by atomic mass is 16.2. The highest BCUT2D eigenvalue weighted by molar-refractivity contribution is 6.09. The Morgan fingerprint density at radius 2 is 1.76 bits per heavy atom. The number of nitrogens with two attached hydrogens (primary N) is 2. The van der Waals surface area contributed by atoms with Crippen molar-refractivity contribution in [1.82, 2.24) is 15.6 Å². The van der Waals surface area contributed by atoms with Crippen molar-refractivity contribution >= 4 is 28.5 Å². The zero-order valence-electron chi connectivity index (χ0n) is 11.2. The summed E-state index contributed by atoms with van der Waals surface area (Å²) in [6, 6.07) is 6.67. The van der Waals surface area contributed by atoms with E-state index in [2.05, 4.69) is 21.0 Å². The maximum Gasteiger partial charge on any atom is 0.312 e. The van der Waals surface area contributed by atoms with Crippen molar-refractivity contribution in [3.05, 3.63) is 36.0 Å². The normalized spacial score (nSPS) is 10.1. The van der Waals surface area contributed by atoms with Gasteiger partial charge in [-0.3, -0.25) is 4.79 Å². The number of nitrogens with zero attached hydrogens (tertiary/aromatic N) is 1. The minimum atomic E-state index is -0.630. The van der Waals surface area contributed by atoms with Gasteiger partial charge >= 0.3 is 6.03 Å². The molecule has 2 rings (SSSR count). The monoisotopic (exact) mass is 288 g/mol. The van der Waals surface area contributed by atoms with Crippen molar-refractivity contribution in [3.8, 4) is 0 Å². The van der Waals surface area contributed by atoms with E-state index >= 15 is 0 Å². The number of rotatable bonds is 5. The molecule has 0 aliphatic carbocycles. The van der Waals surface area contributed by atoms with Gasteiger partial charge in [-0.2, -0.15) is 0 Å². The molecule has 1 aromatic carbocycles. The van der Waals surface area contributed by atoms with Crippen molar-refractivity contribution in [3.63, 3.8) is 0 Å². The van der Waals surface area contributed by atoms with Crippen molar-refractivity contribution in [2.45, 2.75) is 0 Å². The minimum absolute atomic E-state index is 0.259. The number of amides is 3. The van der Waals surface area contributed by atoms with Crippen LogP contribution < -0.4 is 27.6 Å². The molecular weight excluding hydrogens is 272 g/mol. The third-order valence-corrected chi connectivity index (χ3v) is 2.89. The van der Waals surface area contributed by atoms with E-state index in [1.807, 2.05) is 24.3 Å². The van der Waals surface area contributed by atoms with Gasteiger partial charge in [0, 0.05) is 24.7 Å². The highest BCUT2D eigenvalue weighted by Crippen LogP contribution is 2.23. The standard InChI is InChI=1S/C13H16N6O2/c14-13(21)17-6-5-16-12(20)10-7-18-11(19-15)9-4-2-1-3-8(9)10/h1-4,7H,5-6,15H2,(H,16,20)(H,18,19)(H3,14,17,21). The van der Waals surface area contributed by atoms with Crippen LogP contribution in [0.4, 0.5) is 10.6 Å². The predicted octanol–water partition coefficient (Wildman–Crippen LogP) is -0.0815. The molecule has 8 heteroatoms. The summed E-state index contributed by atoms with van der Waals surface area (Å²) in [5, 5.41) is 6.56. The third-order valence-electron chi connectivity index (χ3n) is 2.89. The molecule has 0 aliphatic heterocycles. The van der Waals surface area contributed by atoms with Gasteiger partial charge in [0.05, 0.1) is 5.56 Å². The van der Waals surface area contributed by atoms with Gasteiger partial charge in [-0.25, -0.2) is 15.6 Å². The summed E-state index contributed by atoms with van der Waals surface area (Å²) >= 11 is 0. The number of hydrogen-bond donors (Lipinski definition) is 5. The number of nitrogens with one attached hydrogen (secondary N) is 3. The van der Waals surface area contributed by atoms with Gasteiger partial charge in [0.25, 0.3) is 5.91 Å². The van der Waals surface area contributed by atoms with E-state index in [4.69, 9.17) is 11.6 Å². The Hall–Kier alpha value is -2.87. The number of fused-ring (bicyclic) bond motifs is 1. The van der Waals surface area contributed by atoms with Gasteiger partial charge in [0.15, 0.2) is 0 Å². The maximum absolute atomic E-state index is 12.2. The molecule has 0 saturated heterocycles. The zero-order valence-corrected chi connectivity index (χ0v) is 11.2. The van der Waals surface area contributed by atoms with Crippen molar-refractivity contribution in [2.24, 2.45) is 11.6 Å². The largest absolute Gasteiger partial charge is 0.352 e. The van der Waals surface area contributed by atoms with E-state index in [-0.39, 0.29) is 19.0 Å². The molecule has 0 aliphatic rings. The number of carbonyl (C=O) groups excluding carboxylic acids is 2. The summed E-state index contributed by atoms with van der Waals surface area (Å²) < 4.78 is 0. The van der Waals surface area contributed by atoms with Crippen LogP contribution in [0, 0.1) is 0 Å². The van der Waals surface area contributed by atoms with Crippen LogP contribution in [-0.2, 0) is 0 Å².